The van der Waals surface area contributed by atoms with Crippen LogP contribution in [-0.4, -0.2) is 62.4 Å². The molecule has 4 heterocycles. The maximum Gasteiger partial charge on any atom is 0.262 e. The zero-order valence-electron chi connectivity index (χ0n) is 18.6. The van der Waals surface area contributed by atoms with Crippen LogP contribution in [0, 0.1) is 5.82 Å². The fourth-order valence-electron chi connectivity index (χ4n) is 4.18. The normalized spacial score (nSPS) is 15.5. The molecule has 35 heavy (non-hydrogen) atoms. The molecular weight excluding hydrogens is 541 g/mol. The van der Waals surface area contributed by atoms with Gasteiger partial charge in [-0.25, -0.2) is 31.3 Å². The van der Waals surface area contributed by atoms with Crippen LogP contribution < -0.4 is 5.32 Å². The molecule has 0 saturated carbocycles. The maximum absolute atomic E-state index is 14.9. The van der Waals surface area contributed by atoms with Gasteiger partial charge >= 0.3 is 0 Å². The monoisotopic (exact) mass is 561 g/mol. The van der Waals surface area contributed by atoms with E-state index in [1.807, 2.05) is 0 Å². The van der Waals surface area contributed by atoms with Crippen molar-refractivity contribution in [3.8, 4) is 5.69 Å². The quantitative estimate of drug-likeness (QED) is 0.400. The molecule has 0 aliphatic carbocycles. The minimum atomic E-state index is -3.26. The highest BCUT2D eigenvalue weighted by atomic mass is 79.9. The Hall–Kier alpha value is -3.16. The Morgan fingerprint density at radius 2 is 2.00 bits per heavy atom. The molecule has 1 amide bonds. The molecule has 1 fully saturated rings. The number of carbonyl (C=O) groups is 1. The van der Waals surface area contributed by atoms with E-state index in [-0.39, 0.29) is 23.0 Å². The lowest BCUT2D eigenvalue weighted by Gasteiger charge is -2.29. The SMILES string of the molecule is CS(=O)(=O)N1CCC(c2cc(NC(=O)c3cnn4cccnc34)n(-c3ccc(Br)cc3F)n2)CC1. The van der Waals surface area contributed by atoms with Crippen molar-refractivity contribution in [2.75, 3.05) is 24.7 Å². The summed E-state index contributed by atoms with van der Waals surface area (Å²) in [5.74, 6) is -0.737. The first kappa shape index (κ1) is 23.6. The van der Waals surface area contributed by atoms with Crippen LogP contribution in [0.4, 0.5) is 10.2 Å². The molecule has 1 aromatic carbocycles. The van der Waals surface area contributed by atoms with Gasteiger partial charge in [0, 0.05) is 41.9 Å². The van der Waals surface area contributed by atoms with E-state index in [1.165, 1.54) is 32.0 Å². The van der Waals surface area contributed by atoms with Crippen LogP contribution in [0.25, 0.3) is 11.3 Å². The summed E-state index contributed by atoms with van der Waals surface area (Å²) in [6.45, 7) is 0.748. The molecule has 0 spiro atoms. The van der Waals surface area contributed by atoms with Gasteiger partial charge < -0.3 is 5.32 Å². The molecule has 1 aliphatic heterocycles. The Morgan fingerprint density at radius 3 is 2.71 bits per heavy atom. The van der Waals surface area contributed by atoms with Gasteiger partial charge in [-0.2, -0.15) is 10.2 Å². The van der Waals surface area contributed by atoms with Crippen LogP contribution in [0.2, 0.25) is 0 Å². The van der Waals surface area contributed by atoms with E-state index in [2.05, 4.69) is 36.4 Å². The highest BCUT2D eigenvalue weighted by molar-refractivity contribution is 9.10. The summed E-state index contributed by atoms with van der Waals surface area (Å²) in [4.78, 5) is 17.3. The molecule has 4 aromatic rings. The summed E-state index contributed by atoms with van der Waals surface area (Å²) in [7, 11) is -3.26. The van der Waals surface area contributed by atoms with Crippen LogP contribution >= 0.6 is 15.9 Å². The number of hydrogen-bond donors (Lipinski definition) is 1. The largest absolute Gasteiger partial charge is 0.306 e. The third kappa shape index (κ3) is 4.70. The number of fused-ring (bicyclic) bond motifs is 1. The van der Waals surface area contributed by atoms with E-state index in [4.69, 9.17) is 0 Å². The Labute approximate surface area is 208 Å². The van der Waals surface area contributed by atoms with Crippen molar-refractivity contribution >= 4 is 43.3 Å². The van der Waals surface area contributed by atoms with Gasteiger partial charge in [-0.3, -0.25) is 4.79 Å². The number of halogens is 2. The molecule has 10 nitrogen and oxygen atoms in total. The second-order valence-electron chi connectivity index (χ2n) is 8.30. The molecule has 3 aromatic heterocycles. The number of aromatic nitrogens is 5. The van der Waals surface area contributed by atoms with Crippen LogP contribution in [0.15, 0.2) is 53.4 Å². The lowest BCUT2D eigenvalue weighted by molar-refractivity contribution is 0.102. The van der Waals surface area contributed by atoms with E-state index in [9.17, 15) is 17.6 Å². The summed E-state index contributed by atoms with van der Waals surface area (Å²) in [5, 5.41) is 11.6. The van der Waals surface area contributed by atoms with Crippen molar-refractivity contribution in [1.29, 1.82) is 0 Å². The average molecular weight is 562 g/mol. The second kappa shape index (κ2) is 9.13. The standard InChI is InChI=1S/C22H21BrFN7O3S/c1-35(33,34)29-9-5-14(6-10-29)18-12-20(31(28-18)19-4-3-15(23)11-17(19)24)27-22(32)16-13-26-30-8-2-7-25-21(16)30/h2-4,7-8,11-14H,5-6,9-10H2,1H3,(H,27,32). The molecule has 0 atom stereocenters. The van der Waals surface area contributed by atoms with Crippen molar-refractivity contribution in [1.82, 2.24) is 28.7 Å². The summed E-state index contributed by atoms with van der Waals surface area (Å²) in [6.07, 6.45) is 7.00. The Bertz CT molecular complexity index is 1530. The lowest BCUT2D eigenvalue weighted by Crippen LogP contribution is -2.37. The molecule has 1 aliphatic rings. The van der Waals surface area contributed by atoms with Gasteiger partial charge in [0.25, 0.3) is 5.91 Å². The van der Waals surface area contributed by atoms with Gasteiger partial charge in [0.05, 0.1) is 18.1 Å². The number of rotatable bonds is 5. The number of sulfonamides is 1. The van der Waals surface area contributed by atoms with Crippen molar-refractivity contribution < 1.29 is 17.6 Å². The van der Waals surface area contributed by atoms with E-state index < -0.39 is 21.7 Å². The predicted octanol–water partition coefficient (Wildman–Crippen LogP) is 3.21. The zero-order valence-corrected chi connectivity index (χ0v) is 21.0. The lowest BCUT2D eigenvalue weighted by atomic mass is 9.95. The second-order valence-corrected chi connectivity index (χ2v) is 11.2. The number of carbonyl (C=O) groups excluding carboxylic acids is 1. The zero-order chi connectivity index (χ0) is 24.7. The van der Waals surface area contributed by atoms with E-state index in [0.29, 0.717) is 41.7 Å². The van der Waals surface area contributed by atoms with E-state index in [0.717, 1.165) is 0 Å². The summed E-state index contributed by atoms with van der Waals surface area (Å²) < 4.78 is 43.5. The first-order valence-corrected chi connectivity index (χ1v) is 13.4. The van der Waals surface area contributed by atoms with Crippen LogP contribution in [-0.2, 0) is 10.0 Å². The van der Waals surface area contributed by atoms with Crippen LogP contribution in [0.5, 0.6) is 0 Å². The smallest absolute Gasteiger partial charge is 0.262 e. The van der Waals surface area contributed by atoms with Gasteiger partial charge in [-0.1, -0.05) is 15.9 Å². The highest BCUT2D eigenvalue weighted by Crippen LogP contribution is 2.32. The molecule has 1 N–H and O–H groups in total. The number of nitrogens with one attached hydrogen (secondary N) is 1. The number of nitrogens with zero attached hydrogens (tertiary/aromatic N) is 6. The molecular formula is C22H21BrFN7O3S. The number of amides is 1. The summed E-state index contributed by atoms with van der Waals surface area (Å²) >= 11 is 3.26. The molecule has 0 radical (unpaired) electrons. The molecule has 13 heteroatoms. The Kier molecular flexibility index (Phi) is 6.15. The number of hydrogen-bond acceptors (Lipinski definition) is 6. The first-order valence-electron chi connectivity index (χ1n) is 10.8. The fraction of sp³-hybridized carbons (Fsp3) is 0.273. The highest BCUT2D eigenvalue weighted by Gasteiger charge is 2.29. The minimum absolute atomic E-state index is 0.0398. The van der Waals surface area contributed by atoms with E-state index >= 15 is 0 Å². The van der Waals surface area contributed by atoms with Crippen molar-refractivity contribution in [2.45, 2.75) is 18.8 Å². The molecule has 5 rings (SSSR count). The Balaban J connectivity index is 1.49. The van der Waals surface area contributed by atoms with Gasteiger partial charge in [0.1, 0.15) is 22.9 Å². The van der Waals surface area contributed by atoms with Crippen LogP contribution in [0.3, 0.4) is 0 Å². The molecule has 0 bridgehead atoms. The predicted molar refractivity (Wildman–Crippen MR) is 131 cm³/mol. The van der Waals surface area contributed by atoms with Crippen molar-refractivity contribution in [3.63, 3.8) is 0 Å². The van der Waals surface area contributed by atoms with Crippen LogP contribution in [0.1, 0.15) is 34.8 Å². The van der Waals surface area contributed by atoms with Gasteiger partial charge in [0.15, 0.2) is 5.65 Å². The van der Waals surface area contributed by atoms with E-state index in [1.54, 1.807) is 36.7 Å². The first-order chi connectivity index (χ1) is 16.7. The number of benzene rings is 1. The third-order valence-corrected chi connectivity index (χ3v) is 7.77. The minimum Gasteiger partial charge on any atom is -0.306 e. The topological polar surface area (TPSA) is 114 Å². The third-order valence-electron chi connectivity index (χ3n) is 5.97. The van der Waals surface area contributed by atoms with Gasteiger partial charge in [-0.15, -0.1) is 0 Å². The summed E-state index contributed by atoms with van der Waals surface area (Å²) in [6, 6.07) is 7.98. The molecule has 0 unspecified atom stereocenters. The van der Waals surface area contributed by atoms with Crippen molar-refractivity contribution in [2.24, 2.45) is 0 Å². The van der Waals surface area contributed by atoms with Gasteiger partial charge in [-0.05, 0) is 37.1 Å². The average Bonchev–Trinajstić information content (AvgIpc) is 3.43. The summed E-state index contributed by atoms with van der Waals surface area (Å²) in [5.41, 5.74) is 1.46. The van der Waals surface area contributed by atoms with Crippen molar-refractivity contribution in [3.05, 3.63) is 70.5 Å². The maximum atomic E-state index is 14.9. The van der Waals surface area contributed by atoms with Gasteiger partial charge in [0.2, 0.25) is 10.0 Å². The fourth-order valence-corrected chi connectivity index (χ4v) is 5.39. The molecule has 1 saturated heterocycles. The molecule has 182 valence electrons. The number of anilines is 1. The number of piperidine rings is 1. The Morgan fingerprint density at radius 1 is 1.23 bits per heavy atom.